The predicted molar refractivity (Wildman–Crippen MR) is 74.9 cm³/mol. The van der Waals surface area contributed by atoms with E-state index in [1.165, 1.54) is 0 Å². The maximum atomic E-state index is 5.94. The molecule has 2 rings (SSSR count). The normalized spacial score (nSPS) is 10.2. The van der Waals surface area contributed by atoms with Crippen molar-refractivity contribution in [2.75, 3.05) is 18.2 Å². The first-order valence-corrected chi connectivity index (χ1v) is 5.88. The van der Waals surface area contributed by atoms with Crippen LogP contribution in [0.15, 0.2) is 30.3 Å². The molecular formula is C12H11Cl2N3O. The molecular weight excluding hydrogens is 273 g/mol. The molecule has 1 heterocycles. The molecule has 0 unspecified atom stereocenters. The Hall–Kier alpha value is -1.65. The highest BCUT2D eigenvalue weighted by Gasteiger charge is 2.06. The zero-order valence-electron chi connectivity index (χ0n) is 9.58. The Morgan fingerprint density at radius 3 is 2.67 bits per heavy atom. The van der Waals surface area contributed by atoms with Crippen molar-refractivity contribution in [3.8, 4) is 5.88 Å². The summed E-state index contributed by atoms with van der Waals surface area (Å²) in [6.45, 7) is 0. The van der Waals surface area contributed by atoms with E-state index in [4.69, 9.17) is 33.7 Å². The molecule has 1 aromatic heterocycles. The second kappa shape index (κ2) is 5.33. The average Bonchev–Trinajstić information content (AvgIpc) is 2.36. The van der Waals surface area contributed by atoms with Gasteiger partial charge in [-0.05, 0) is 18.2 Å². The maximum absolute atomic E-state index is 5.94. The highest BCUT2D eigenvalue weighted by atomic mass is 35.5. The van der Waals surface area contributed by atoms with Gasteiger partial charge >= 0.3 is 0 Å². The van der Waals surface area contributed by atoms with E-state index in [0.29, 0.717) is 33.1 Å². The largest absolute Gasteiger partial charge is 0.481 e. The third kappa shape index (κ3) is 2.78. The summed E-state index contributed by atoms with van der Waals surface area (Å²) in [6.07, 6.45) is 0. The van der Waals surface area contributed by atoms with E-state index >= 15 is 0 Å². The van der Waals surface area contributed by atoms with Crippen LogP contribution in [0.1, 0.15) is 0 Å². The van der Waals surface area contributed by atoms with E-state index in [2.05, 4.69) is 10.3 Å². The minimum absolute atomic E-state index is 0.415. The second-order valence-corrected chi connectivity index (χ2v) is 4.36. The molecule has 3 N–H and O–H groups in total. The van der Waals surface area contributed by atoms with Crippen LogP contribution in [0.25, 0.3) is 0 Å². The summed E-state index contributed by atoms with van der Waals surface area (Å²) in [4.78, 5) is 4.21. The standard InChI is InChI=1S/C12H11Cl2N3O/c1-18-12-4-2-3-11(17-12)16-10-6-8(14)7(13)5-9(10)15/h2-6H,15H2,1H3,(H,16,17). The van der Waals surface area contributed by atoms with Gasteiger partial charge in [-0.1, -0.05) is 29.3 Å². The summed E-state index contributed by atoms with van der Waals surface area (Å²) in [5, 5.41) is 3.90. The van der Waals surface area contributed by atoms with Gasteiger partial charge in [0.25, 0.3) is 0 Å². The van der Waals surface area contributed by atoms with Gasteiger partial charge in [-0.25, -0.2) is 0 Å². The van der Waals surface area contributed by atoms with E-state index in [0.717, 1.165) is 0 Å². The number of nitrogen functional groups attached to an aromatic ring is 1. The van der Waals surface area contributed by atoms with Crippen molar-refractivity contribution in [1.82, 2.24) is 4.98 Å². The zero-order chi connectivity index (χ0) is 13.1. The number of aromatic nitrogens is 1. The van der Waals surface area contributed by atoms with Crippen LogP contribution in [0.3, 0.4) is 0 Å². The Morgan fingerprint density at radius 1 is 1.22 bits per heavy atom. The first kappa shape index (κ1) is 12.8. The molecule has 0 spiro atoms. The highest BCUT2D eigenvalue weighted by Crippen LogP contribution is 2.32. The van der Waals surface area contributed by atoms with E-state index < -0.39 is 0 Å². The highest BCUT2D eigenvalue weighted by molar-refractivity contribution is 6.42. The summed E-state index contributed by atoms with van der Waals surface area (Å²) in [5.74, 6) is 1.12. The van der Waals surface area contributed by atoms with Gasteiger partial charge in [0.2, 0.25) is 5.88 Å². The van der Waals surface area contributed by atoms with Gasteiger partial charge in [-0.3, -0.25) is 0 Å². The van der Waals surface area contributed by atoms with Crippen molar-refractivity contribution in [2.24, 2.45) is 0 Å². The number of nitrogens with zero attached hydrogens (tertiary/aromatic N) is 1. The molecule has 0 aliphatic rings. The predicted octanol–water partition coefficient (Wildman–Crippen LogP) is 3.72. The fourth-order valence-electron chi connectivity index (χ4n) is 1.41. The lowest BCUT2D eigenvalue weighted by Gasteiger charge is -2.10. The molecule has 6 heteroatoms. The molecule has 0 amide bonds. The van der Waals surface area contributed by atoms with Gasteiger partial charge < -0.3 is 15.8 Å². The van der Waals surface area contributed by atoms with Crippen LogP contribution in [-0.4, -0.2) is 12.1 Å². The van der Waals surface area contributed by atoms with Gasteiger partial charge in [0.1, 0.15) is 5.82 Å². The fraction of sp³-hybridized carbons (Fsp3) is 0.0833. The minimum Gasteiger partial charge on any atom is -0.481 e. The van der Waals surface area contributed by atoms with Gasteiger partial charge in [0, 0.05) is 6.07 Å². The lowest BCUT2D eigenvalue weighted by molar-refractivity contribution is 0.398. The molecule has 0 radical (unpaired) electrons. The van der Waals surface area contributed by atoms with E-state index in [9.17, 15) is 0 Å². The first-order valence-electron chi connectivity index (χ1n) is 5.12. The van der Waals surface area contributed by atoms with Crippen LogP contribution >= 0.6 is 23.2 Å². The molecule has 0 atom stereocenters. The number of hydrogen-bond acceptors (Lipinski definition) is 4. The summed E-state index contributed by atoms with van der Waals surface area (Å²) in [7, 11) is 1.56. The Morgan fingerprint density at radius 2 is 1.94 bits per heavy atom. The number of rotatable bonds is 3. The quantitative estimate of drug-likeness (QED) is 0.843. The molecule has 0 fully saturated rings. The minimum atomic E-state index is 0.415. The van der Waals surface area contributed by atoms with Crippen molar-refractivity contribution in [2.45, 2.75) is 0 Å². The molecule has 94 valence electrons. The van der Waals surface area contributed by atoms with Crippen LogP contribution < -0.4 is 15.8 Å². The van der Waals surface area contributed by atoms with Crippen molar-refractivity contribution in [3.63, 3.8) is 0 Å². The number of hydrogen-bond donors (Lipinski definition) is 2. The zero-order valence-corrected chi connectivity index (χ0v) is 11.1. The van der Waals surface area contributed by atoms with Gasteiger partial charge in [0.15, 0.2) is 0 Å². The number of methoxy groups -OCH3 is 1. The van der Waals surface area contributed by atoms with Crippen molar-refractivity contribution >= 4 is 40.4 Å². The number of halogens is 2. The number of nitrogens with two attached hydrogens (primary N) is 1. The molecule has 0 aliphatic carbocycles. The number of nitrogens with one attached hydrogen (secondary N) is 1. The molecule has 1 aromatic carbocycles. The van der Waals surface area contributed by atoms with E-state index in [1.807, 2.05) is 6.07 Å². The first-order chi connectivity index (χ1) is 8.60. The maximum Gasteiger partial charge on any atom is 0.214 e. The monoisotopic (exact) mass is 283 g/mol. The molecule has 0 saturated carbocycles. The molecule has 0 saturated heterocycles. The van der Waals surface area contributed by atoms with Crippen LogP contribution in [0.4, 0.5) is 17.2 Å². The average molecular weight is 284 g/mol. The van der Waals surface area contributed by atoms with E-state index in [-0.39, 0.29) is 0 Å². The Labute approximate surface area is 115 Å². The van der Waals surface area contributed by atoms with Crippen molar-refractivity contribution in [3.05, 3.63) is 40.4 Å². The molecule has 4 nitrogen and oxygen atoms in total. The lowest BCUT2D eigenvalue weighted by atomic mass is 10.2. The Bertz CT molecular complexity index is 575. The number of anilines is 3. The second-order valence-electron chi connectivity index (χ2n) is 3.54. The topological polar surface area (TPSA) is 60.2 Å². The Kier molecular flexibility index (Phi) is 3.79. The fourth-order valence-corrected chi connectivity index (χ4v) is 1.74. The summed E-state index contributed by atoms with van der Waals surface area (Å²) < 4.78 is 5.04. The molecule has 0 aliphatic heterocycles. The van der Waals surface area contributed by atoms with Crippen LogP contribution in [0, 0.1) is 0 Å². The van der Waals surface area contributed by atoms with Gasteiger partial charge in [-0.15, -0.1) is 0 Å². The lowest BCUT2D eigenvalue weighted by Crippen LogP contribution is -1.99. The summed E-state index contributed by atoms with van der Waals surface area (Å²) in [6, 6.07) is 8.61. The Balaban J connectivity index is 2.30. The number of ether oxygens (including phenoxy) is 1. The van der Waals surface area contributed by atoms with Crippen molar-refractivity contribution < 1.29 is 4.74 Å². The van der Waals surface area contributed by atoms with Crippen LogP contribution in [0.2, 0.25) is 10.0 Å². The van der Waals surface area contributed by atoms with Crippen molar-refractivity contribution in [1.29, 1.82) is 0 Å². The number of benzene rings is 1. The smallest absolute Gasteiger partial charge is 0.214 e. The SMILES string of the molecule is COc1cccc(Nc2cc(Cl)c(Cl)cc2N)n1. The van der Waals surface area contributed by atoms with Crippen LogP contribution in [-0.2, 0) is 0 Å². The molecule has 2 aromatic rings. The van der Waals surface area contributed by atoms with Gasteiger partial charge in [-0.2, -0.15) is 4.98 Å². The number of pyridine rings is 1. The summed E-state index contributed by atoms with van der Waals surface area (Å²) >= 11 is 11.8. The van der Waals surface area contributed by atoms with E-state index in [1.54, 1.807) is 31.4 Å². The molecule has 18 heavy (non-hydrogen) atoms. The third-order valence-corrected chi connectivity index (χ3v) is 3.01. The summed E-state index contributed by atoms with van der Waals surface area (Å²) in [5.41, 5.74) is 6.98. The third-order valence-electron chi connectivity index (χ3n) is 2.29. The molecule has 0 bridgehead atoms. The van der Waals surface area contributed by atoms with Gasteiger partial charge in [0.05, 0.1) is 28.5 Å². The van der Waals surface area contributed by atoms with Crippen LogP contribution in [0.5, 0.6) is 5.88 Å².